The average Bonchev–Trinajstić information content (AvgIpc) is 3.09. The van der Waals surface area contributed by atoms with Gasteiger partial charge in [-0.2, -0.15) is 0 Å². The first-order valence-electron chi connectivity index (χ1n) is 7.53. The van der Waals surface area contributed by atoms with E-state index in [4.69, 9.17) is 4.74 Å². The largest absolute Gasteiger partial charge is 0.376 e. The van der Waals surface area contributed by atoms with Gasteiger partial charge in [0.25, 0.3) is 0 Å². The lowest BCUT2D eigenvalue weighted by Crippen LogP contribution is -2.42. The second kappa shape index (κ2) is 5.83. The van der Waals surface area contributed by atoms with Crippen molar-refractivity contribution in [2.45, 2.75) is 51.2 Å². The van der Waals surface area contributed by atoms with E-state index >= 15 is 0 Å². The first-order chi connectivity index (χ1) is 9.72. The van der Waals surface area contributed by atoms with Gasteiger partial charge in [0.15, 0.2) is 0 Å². The summed E-state index contributed by atoms with van der Waals surface area (Å²) in [6.45, 7) is 2.81. The van der Waals surface area contributed by atoms with Crippen LogP contribution in [0.2, 0.25) is 0 Å². The van der Waals surface area contributed by atoms with Gasteiger partial charge in [-0.3, -0.25) is 0 Å². The number of amides is 2. The lowest BCUT2D eigenvalue weighted by molar-refractivity contribution is 0.0868. The van der Waals surface area contributed by atoms with Crippen LogP contribution >= 0.6 is 0 Å². The van der Waals surface area contributed by atoms with Crippen LogP contribution in [0.1, 0.15) is 37.3 Å². The lowest BCUT2D eigenvalue weighted by atomic mass is 10.1. The minimum absolute atomic E-state index is 0.0481. The molecule has 1 aliphatic carbocycles. The Labute approximate surface area is 119 Å². The summed E-state index contributed by atoms with van der Waals surface area (Å²) >= 11 is 0. The number of carbonyl (C=O) groups excluding carboxylic acids is 1. The summed E-state index contributed by atoms with van der Waals surface area (Å²) in [5.41, 5.74) is 3.67. The molecule has 2 atom stereocenters. The molecular formula is C16H22N2O2. The lowest BCUT2D eigenvalue weighted by Gasteiger charge is -2.20. The smallest absolute Gasteiger partial charge is 0.319 e. The first-order valence-corrected chi connectivity index (χ1v) is 7.53. The number of urea groups is 1. The van der Waals surface area contributed by atoms with Gasteiger partial charge < -0.3 is 15.4 Å². The summed E-state index contributed by atoms with van der Waals surface area (Å²) in [5.74, 6) is 0. The van der Waals surface area contributed by atoms with E-state index in [1.165, 1.54) is 17.5 Å². The Bertz CT molecular complexity index is 495. The van der Waals surface area contributed by atoms with Gasteiger partial charge in [-0.05, 0) is 62.3 Å². The molecule has 0 aromatic heterocycles. The Morgan fingerprint density at radius 1 is 1.30 bits per heavy atom. The predicted octanol–water partition coefficient (Wildman–Crippen LogP) is 2.86. The van der Waals surface area contributed by atoms with Gasteiger partial charge in [-0.1, -0.05) is 6.07 Å². The Hall–Kier alpha value is -1.55. The third-order valence-corrected chi connectivity index (χ3v) is 4.24. The second-order valence-electron chi connectivity index (χ2n) is 5.78. The van der Waals surface area contributed by atoms with Crippen molar-refractivity contribution in [3.8, 4) is 0 Å². The van der Waals surface area contributed by atoms with Gasteiger partial charge in [-0.15, -0.1) is 0 Å². The van der Waals surface area contributed by atoms with E-state index in [0.29, 0.717) is 0 Å². The summed E-state index contributed by atoms with van der Waals surface area (Å²) in [4.78, 5) is 12.0. The van der Waals surface area contributed by atoms with Gasteiger partial charge in [0.1, 0.15) is 0 Å². The number of fused-ring (bicyclic) bond motifs is 1. The Morgan fingerprint density at radius 3 is 2.95 bits per heavy atom. The van der Waals surface area contributed by atoms with Crippen LogP contribution in [0.3, 0.4) is 0 Å². The van der Waals surface area contributed by atoms with Crippen LogP contribution < -0.4 is 10.6 Å². The minimum Gasteiger partial charge on any atom is -0.376 e. The topological polar surface area (TPSA) is 50.4 Å². The molecule has 1 fully saturated rings. The molecule has 0 unspecified atom stereocenters. The number of hydrogen-bond donors (Lipinski definition) is 2. The fourth-order valence-corrected chi connectivity index (χ4v) is 3.11. The minimum atomic E-state index is -0.147. The van der Waals surface area contributed by atoms with E-state index in [2.05, 4.69) is 22.8 Å². The number of hydrogen-bond acceptors (Lipinski definition) is 2. The molecular weight excluding hydrogens is 252 g/mol. The highest BCUT2D eigenvalue weighted by Gasteiger charge is 2.23. The summed E-state index contributed by atoms with van der Waals surface area (Å²) in [6.07, 6.45) is 5.78. The van der Waals surface area contributed by atoms with E-state index in [0.717, 1.165) is 38.0 Å². The van der Waals surface area contributed by atoms with Crippen molar-refractivity contribution in [3.63, 3.8) is 0 Å². The second-order valence-corrected chi connectivity index (χ2v) is 5.78. The molecule has 0 bridgehead atoms. The molecule has 1 aliphatic heterocycles. The molecule has 1 aromatic carbocycles. The van der Waals surface area contributed by atoms with Gasteiger partial charge in [0.05, 0.1) is 12.1 Å². The highest BCUT2D eigenvalue weighted by Crippen LogP contribution is 2.24. The van der Waals surface area contributed by atoms with Crippen molar-refractivity contribution in [2.24, 2.45) is 0 Å². The predicted molar refractivity (Wildman–Crippen MR) is 79.1 cm³/mol. The van der Waals surface area contributed by atoms with Crippen molar-refractivity contribution >= 4 is 11.7 Å². The fourth-order valence-electron chi connectivity index (χ4n) is 3.11. The van der Waals surface area contributed by atoms with Crippen molar-refractivity contribution in [2.75, 3.05) is 11.9 Å². The van der Waals surface area contributed by atoms with E-state index in [9.17, 15) is 4.79 Å². The van der Waals surface area contributed by atoms with E-state index in [1.54, 1.807) is 0 Å². The van der Waals surface area contributed by atoms with Gasteiger partial charge >= 0.3 is 6.03 Å². The number of benzene rings is 1. The fraction of sp³-hybridized carbons (Fsp3) is 0.562. The number of nitrogens with one attached hydrogen (secondary N) is 2. The molecule has 4 nitrogen and oxygen atoms in total. The maximum absolute atomic E-state index is 12.0. The summed E-state index contributed by atoms with van der Waals surface area (Å²) < 4.78 is 5.58. The number of ether oxygens (including phenoxy) is 1. The Kier molecular flexibility index (Phi) is 3.92. The molecule has 1 saturated heterocycles. The number of anilines is 1. The van der Waals surface area contributed by atoms with Crippen molar-refractivity contribution in [1.82, 2.24) is 5.32 Å². The average molecular weight is 274 g/mol. The molecule has 0 radical (unpaired) electrons. The maximum Gasteiger partial charge on any atom is 0.319 e. The van der Waals surface area contributed by atoms with E-state index in [1.807, 2.05) is 13.0 Å². The highest BCUT2D eigenvalue weighted by atomic mass is 16.5. The number of rotatable bonds is 3. The van der Waals surface area contributed by atoms with Crippen LogP contribution in [-0.2, 0) is 17.6 Å². The van der Waals surface area contributed by atoms with Crippen LogP contribution in [0.4, 0.5) is 10.5 Å². The highest BCUT2D eigenvalue weighted by molar-refractivity contribution is 5.89. The summed E-state index contributed by atoms with van der Waals surface area (Å²) in [7, 11) is 0. The molecule has 4 heteroatoms. The van der Waals surface area contributed by atoms with Crippen molar-refractivity contribution in [3.05, 3.63) is 29.3 Å². The van der Waals surface area contributed by atoms with Crippen LogP contribution in [0, 0.1) is 0 Å². The van der Waals surface area contributed by atoms with Crippen molar-refractivity contribution in [1.29, 1.82) is 0 Å². The monoisotopic (exact) mass is 274 g/mol. The zero-order valence-electron chi connectivity index (χ0n) is 11.9. The molecule has 0 saturated carbocycles. The molecule has 2 amide bonds. The zero-order chi connectivity index (χ0) is 13.9. The Balaban J connectivity index is 1.55. The first kappa shape index (κ1) is 13.4. The SMILES string of the molecule is C[C@H](NC(=O)Nc1ccc2c(c1)CCC2)[C@@H]1CCCO1. The van der Waals surface area contributed by atoms with E-state index in [-0.39, 0.29) is 18.2 Å². The maximum atomic E-state index is 12.0. The third kappa shape index (κ3) is 2.96. The number of carbonyl (C=O) groups is 1. The van der Waals surface area contributed by atoms with Crippen molar-refractivity contribution < 1.29 is 9.53 Å². The Morgan fingerprint density at radius 2 is 2.15 bits per heavy atom. The van der Waals surface area contributed by atoms with Crippen LogP contribution in [0.5, 0.6) is 0 Å². The van der Waals surface area contributed by atoms with Gasteiger partial charge in [0, 0.05) is 12.3 Å². The molecule has 2 aliphatic rings. The molecule has 3 rings (SSSR count). The zero-order valence-corrected chi connectivity index (χ0v) is 11.9. The van der Waals surface area contributed by atoms with Gasteiger partial charge in [0.2, 0.25) is 0 Å². The molecule has 20 heavy (non-hydrogen) atoms. The molecule has 2 N–H and O–H groups in total. The summed E-state index contributed by atoms with van der Waals surface area (Å²) in [6, 6.07) is 6.11. The normalized spacial score (nSPS) is 22.4. The molecule has 1 heterocycles. The van der Waals surface area contributed by atoms with Gasteiger partial charge in [-0.25, -0.2) is 4.79 Å². The van der Waals surface area contributed by atoms with Crippen LogP contribution in [0.25, 0.3) is 0 Å². The van der Waals surface area contributed by atoms with Crippen LogP contribution in [0.15, 0.2) is 18.2 Å². The summed E-state index contributed by atoms with van der Waals surface area (Å²) in [5, 5.41) is 5.88. The number of aryl methyl sites for hydroxylation is 2. The molecule has 1 aromatic rings. The standard InChI is InChI=1S/C16H22N2O2/c1-11(15-6-3-9-20-15)17-16(19)18-14-8-7-12-4-2-5-13(12)10-14/h7-8,10-11,15H,2-6,9H2,1H3,(H2,17,18,19)/t11-,15-/m0/s1. The van der Waals surface area contributed by atoms with Crippen LogP contribution in [-0.4, -0.2) is 24.8 Å². The molecule has 0 spiro atoms. The quantitative estimate of drug-likeness (QED) is 0.890. The molecule has 108 valence electrons. The van der Waals surface area contributed by atoms with E-state index < -0.39 is 0 Å². The third-order valence-electron chi connectivity index (χ3n) is 4.24.